The van der Waals surface area contributed by atoms with Crippen molar-refractivity contribution in [2.24, 2.45) is 0 Å². The van der Waals surface area contributed by atoms with E-state index in [9.17, 15) is 18.4 Å². The second-order valence-corrected chi connectivity index (χ2v) is 6.01. The van der Waals surface area contributed by atoms with Crippen molar-refractivity contribution in [1.29, 1.82) is 0 Å². The molecule has 2 aromatic carbocycles. The lowest BCUT2D eigenvalue weighted by atomic mass is 10.0. The van der Waals surface area contributed by atoms with E-state index in [2.05, 4.69) is 17.9 Å². The van der Waals surface area contributed by atoms with Crippen LogP contribution in [0.4, 0.5) is 8.78 Å². The SMILES string of the molecule is C=C(C)C(=O)OC=COc1ccc(-c2ccc(OC(=O)C(=C)C)cc2)c(F)c1F. The molecule has 29 heavy (non-hydrogen) atoms. The maximum absolute atomic E-state index is 14.4. The molecule has 0 atom stereocenters. The minimum Gasteiger partial charge on any atom is -0.459 e. The van der Waals surface area contributed by atoms with E-state index in [0.717, 1.165) is 12.5 Å². The maximum Gasteiger partial charge on any atom is 0.338 e. The highest BCUT2D eigenvalue weighted by atomic mass is 19.2. The molecule has 0 aliphatic rings. The molecule has 7 heteroatoms. The number of carbonyl (C=O) groups is 2. The zero-order valence-corrected chi connectivity index (χ0v) is 15.8. The van der Waals surface area contributed by atoms with Crippen LogP contribution in [0.1, 0.15) is 13.8 Å². The van der Waals surface area contributed by atoms with Crippen molar-refractivity contribution in [3.05, 3.63) is 84.9 Å². The third-order valence-corrected chi connectivity index (χ3v) is 3.55. The molecule has 2 rings (SSSR count). The Labute approximate surface area is 166 Å². The predicted octanol–water partition coefficient (Wildman–Crippen LogP) is 5.08. The van der Waals surface area contributed by atoms with E-state index < -0.39 is 23.6 Å². The van der Waals surface area contributed by atoms with E-state index in [-0.39, 0.29) is 28.2 Å². The Morgan fingerprint density at radius 2 is 1.48 bits per heavy atom. The van der Waals surface area contributed by atoms with Crippen LogP contribution in [0.2, 0.25) is 0 Å². The summed E-state index contributed by atoms with van der Waals surface area (Å²) >= 11 is 0. The Morgan fingerprint density at radius 3 is 2.07 bits per heavy atom. The minimum absolute atomic E-state index is 0.00897. The van der Waals surface area contributed by atoms with Gasteiger partial charge in [-0.15, -0.1) is 0 Å². The Morgan fingerprint density at radius 1 is 0.862 bits per heavy atom. The highest BCUT2D eigenvalue weighted by Crippen LogP contribution is 2.31. The molecule has 0 unspecified atom stereocenters. The van der Waals surface area contributed by atoms with Crippen LogP contribution in [0, 0.1) is 11.6 Å². The molecule has 0 saturated carbocycles. The summed E-state index contributed by atoms with van der Waals surface area (Å²) in [6, 6.07) is 8.43. The molecule has 0 aliphatic carbocycles. The van der Waals surface area contributed by atoms with Gasteiger partial charge in [-0.05, 0) is 43.7 Å². The number of benzene rings is 2. The zero-order valence-electron chi connectivity index (χ0n) is 15.8. The summed E-state index contributed by atoms with van der Waals surface area (Å²) in [6.45, 7) is 9.85. The quantitative estimate of drug-likeness (QED) is 0.281. The van der Waals surface area contributed by atoms with Crippen molar-refractivity contribution in [1.82, 2.24) is 0 Å². The number of hydrogen-bond donors (Lipinski definition) is 0. The standard InChI is InChI=1S/C22H18F2O5/c1-13(2)21(25)28-12-11-27-18-10-9-17(19(23)20(18)24)15-5-7-16(8-6-15)29-22(26)14(3)4/h5-12H,1,3H2,2,4H3. The fraction of sp³-hybridized carbons (Fsp3) is 0.0909. The summed E-state index contributed by atoms with van der Waals surface area (Å²) in [7, 11) is 0. The van der Waals surface area contributed by atoms with Crippen LogP contribution in [0.3, 0.4) is 0 Å². The Hall–Kier alpha value is -3.74. The van der Waals surface area contributed by atoms with Gasteiger partial charge in [0.05, 0.1) is 0 Å². The molecule has 0 amide bonds. The van der Waals surface area contributed by atoms with Crippen molar-refractivity contribution in [2.75, 3.05) is 0 Å². The van der Waals surface area contributed by atoms with Gasteiger partial charge >= 0.3 is 11.9 Å². The molecular formula is C22H18F2O5. The molecular weight excluding hydrogens is 382 g/mol. The number of ether oxygens (including phenoxy) is 3. The smallest absolute Gasteiger partial charge is 0.338 e. The first kappa shape index (κ1) is 21.6. The van der Waals surface area contributed by atoms with Crippen LogP contribution in [0.25, 0.3) is 11.1 Å². The first-order valence-electron chi connectivity index (χ1n) is 8.35. The van der Waals surface area contributed by atoms with Gasteiger partial charge in [0.2, 0.25) is 5.82 Å². The van der Waals surface area contributed by atoms with E-state index in [1.54, 1.807) is 0 Å². The number of rotatable bonds is 7. The topological polar surface area (TPSA) is 61.8 Å². The van der Waals surface area contributed by atoms with Gasteiger partial charge in [-0.1, -0.05) is 25.3 Å². The van der Waals surface area contributed by atoms with Gasteiger partial charge in [-0.25, -0.2) is 14.0 Å². The summed E-state index contributed by atoms with van der Waals surface area (Å²) in [4.78, 5) is 22.7. The molecule has 2 aromatic rings. The van der Waals surface area contributed by atoms with Gasteiger partial charge in [0.25, 0.3) is 0 Å². The Balaban J connectivity index is 2.13. The van der Waals surface area contributed by atoms with Crippen LogP contribution < -0.4 is 9.47 Å². The van der Waals surface area contributed by atoms with E-state index in [0.29, 0.717) is 5.56 Å². The predicted molar refractivity (Wildman–Crippen MR) is 103 cm³/mol. The lowest BCUT2D eigenvalue weighted by molar-refractivity contribution is -0.133. The minimum atomic E-state index is -1.21. The Kier molecular flexibility index (Phi) is 7.03. The van der Waals surface area contributed by atoms with Crippen LogP contribution in [0.15, 0.2) is 73.2 Å². The van der Waals surface area contributed by atoms with Gasteiger partial charge in [0, 0.05) is 16.7 Å². The Bertz CT molecular complexity index is 991. The molecule has 5 nitrogen and oxygen atoms in total. The first-order valence-corrected chi connectivity index (χ1v) is 8.35. The van der Waals surface area contributed by atoms with Crippen LogP contribution in [-0.4, -0.2) is 11.9 Å². The molecule has 0 aromatic heterocycles. The van der Waals surface area contributed by atoms with Crippen molar-refractivity contribution in [3.63, 3.8) is 0 Å². The van der Waals surface area contributed by atoms with E-state index in [1.165, 1.54) is 50.2 Å². The van der Waals surface area contributed by atoms with Gasteiger partial charge in [0.1, 0.15) is 18.3 Å². The number of hydrogen-bond acceptors (Lipinski definition) is 5. The van der Waals surface area contributed by atoms with Crippen LogP contribution in [0.5, 0.6) is 11.5 Å². The molecule has 0 heterocycles. The normalized spacial score (nSPS) is 10.5. The molecule has 0 aliphatic heterocycles. The highest BCUT2D eigenvalue weighted by molar-refractivity contribution is 5.89. The van der Waals surface area contributed by atoms with Gasteiger partial charge < -0.3 is 14.2 Å². The van der Waals surface area contributed by atoms with Gasteiger partial charge in [0.15, 0.2) is 11.6 Å². The molecule has 0 bridgehead atoms. The number of esters is 2. The summed E-state index contributed by atoms with van der Waals surface area (Å²) in [6.07, 6.45) is 1.80. The lowest BCUT2D eigenvalue weighted by Crippen LogP contribution is -2.07. The van der Waals surface area contributed by atoms with Crippen molar-refractivity contribution in [3.8, 4) is 22.6 Å². The van der Waals surface area contributed by atoms with Gasteiger partial charge in [-0.2, -0.15) is 4.39 Å². The van der Waals surface area contributed by atoms with Crippen molar-refractivity contribution in [2.45, 2.75) is 13.8 Å². The fourth-order valence-electron chi connectivity index (χ4n) is 2.03. The number of carbonyl (C=O) groups excluding carboxylic acids is 2. The zero-order chi connectivity index (χ0) is 21.6. The molecule has 0 spiro atoms. The van der Waals surface area contributed by atoms with E-state index in [1.807, 2.05) is 0 Å². The molecule has 0 radical (unpaired) electrons. The monoisotopic (exact) mass is 400 g/mol. The highest BCUT2D eigenvalue weighted by Gasteiger charge is 2.16. The van der Waals surface area contributed by atoms with Crippen molar-refractivity contribution >= 4 is 11.9 Å². The summed E-state index contributed by atoms with van der Waals surface area (Å²) in [5, 5.41) is 0. The molecule has 150 valence electrons. The summed E-state index contributed by atoms with van der Waals surface area (Å²) in [5.74, 6) is -3.74. The maximum atomic E-state index is 14.4. The average molecular weight is 400 g/mol. The van der Waals surface area contributed by atoms with Crippen molar-refractivity contribution < 1.29 is 32.6 Å². The molecule has 0 saturated heterocycles. The summed E-state index contributed by atoms with van der Waals surface area (Å²) < 4.78 is 43.3. The fourth-order valence-corrected chi connectivity index (χ4v) is 2.03. The lowest BCUT2D eigenvalue weighted by Gasteiger charge is -2.09. The second-order valence-electron chi connectivity index (χ2n) is 6.01. The van der Waals surface area contributed by atoms with Gasteiger partial charge in [-0.3, -0.25) is 0 Å². The number of halogens is 2. The van der Waals surface area contributed by atoms with Crippen LogP contribution in [-0.2, 0) is 14.3 Å². The van der Waals surface area contributed by atoms with E-state index in [4.69, 9.17) is 9.47 Å². The van der Waals surface area contributed by atoms with E-state index >= 15 is 0 Å². The van der Waals surface area contributed by atoms with Crippen LogP contribution >= 0.6 is 0 Å². The largest absolute Gasteiger partial charge is 0.459 e. The third-order valence-electron chi connectivity index (χ3n) is 3.55. The molecule has 0 fully saturated rings. The third kappa shape index (κ3) is 5.62. The summed E-state index contributed by atoms with van der Waals surface area (Å²) in [5.41, 5.74) is 0.775. The first-order chi connectivity index (χ1) is 13.7. The second kappa shape index (κ2) is 9.45. The molecule has 0 N–H and O–H groups in total. The average Bonchev–Trinajstić information content (AvgIpc) is 2.68.